The maximum Gasteiger partial charge on any atom is 0.232 e. The lowest BCUT2D eigenvalue weighted by molar-refractivity contribution is 0.197. The van der Waals surface area contributed by atoms with Crippen LogP contribution < -0.4 is 10.1 Å². The molecule has 4 nitrogen and oxygen atoms in total. The van der Waals surface area contributed by atoms with Gasteiger partial charge in [-0.1, -0.05) is 0 Å². The molecule has 98 valence electrons. The molecule has 1 rings (SSSR count). The Hall–Kier alpha value is -1.03. The minimum atomic E-state index is 0.198. The first kappa shape index (κ1) is 14.0. The molecular weight excluding hydrogens is 214 g/mol. The summed E-state index contributed by atoms with van der Waals surface area (Å²) in [4.78, 5) is 0. The number of aromatic amines is 1. The normalized spacial score (nSPS) is 13.7. The Balaban J connectivity index is 2.15. The van der Waals surface area contributed by atoms with Crippen LogP contribution >= 0.6 is 0 Å². The topological polar surface area (TPSA) is 49.9 Å². The van der Waals surface area contributed by atoms with E-state index >= 15 is 0 Å². The summed E-state index contributed by atoms with van der Waals surface area (Å²) in [5, 5.41) is 10.4. The molecule has 1 atom stereocenters. The second kappa shape index (κ2) is 6.05. The number of nitrogens with zero attached hydrogens (tertiary/aromatic N) is 1. The van der Waals surface area contributed by atoms with E-state index < -0.39 is 0 Å². The molecule has 0 amide bonds. The molecular formula is C13H25N3O. The fourth-order valence-electron chi connectivity index (χ4n) is 1.57. The summed E-state index contributed by atoms with van der Waals surface area (Å²) in [6, 6.07) is 1.92. The number of nitrogens with one attached hydrogen (secondary N) is 2. The van der Waals surface area contributed by atoms with Crippen molar-refractivity contribution in [2.75, 3.05) is 6.54 Å². The van der Waals surface area contributed by atoms with Crippen LogP contribution in [0.15, 0.2) is 6.07 Å². The molecule has 0 aliphatic carbocycles. The van der Waals surface area contributed by atoms with Gasteiger partial charge in [0.25, 0.3) is 0 Å². The van der Waals surface area contributed by atoms with Gasteiger partial charge in [-0.2, -0.15) is 0 Å². The molecule has 1 aromatic rings. The Morgan fingerprint density at radius 1 is 1.47 bits per heavy atom. The molecule has 0 saturated carbocycles. The number of hydrogen-bond acceptors (Lipinski definition) is 3. The van der Waals surface area contributed by atoms with Crippen molar-refractivity contribution in [2.45, 2.75) is 59.1 Å². The number of aryl methyl sites for hydroxylation is 1. The molecule has 0 fully saturated rings. The Morgan fingerprint density at radius 2 is 2.18 bits per heavy atom. The van der Waals surface area contributed by atoms with E-state index in [0.29, 0.717) is 5.88 Å². The van der Waals surface area contributed by atoms with Crippen LogP contribution in [0.25, 0.3) is 0 Å². The fraction of sp³-hybridized carbons (Fsp3) is 0.769. The maximum absolute atomic E-state index is 5.70. The van der Waals surface area contributed by atoms with Crippen LogP contribution in [-0.4, -0.2) is 28.4 Å². The third-order valence-electron chi connectivity index (χ3n) is 2.45. The van der Waals surface area contributed by atoms with Crippen molar-refractivity contribution in [3.8, 4) is 5.88 Å². The third kappa shape index (κ3) is 6.31. The van der Waals surface area contributed by atoms with Crippen LogP contribution in [-0.2, 0) is 0 Å². The summed E-state index contributed by atoms with van der Waals surface area (Å²) < 4.78 is 5.70. The van der Waals surface area contributed by atoms with Crippen LogP contribution in [0, 0.1) is 6.92 Å². The second-order valence-corrected chi connectivity index (χ2v) is 5.64. The number of aromatic nitrogens is 2. The van der Waals surface area contributed by atoms with Crippen LogP contribution in [0.4, 0.5) is 0 Å². The van der Waals surface area contributed by atoms with E-state index in [2.05, 4.69) is 43.2 Å². The highest BCUT2D eigenvalue weighted by molar-refractivity contribution is 5.12. The SMILES string of the molecule is Cc1cc(OC(C)CCCNC(C)(C)C)n[nH]1. The molecule has 0 saturated heterocycles. The van der Waals surface area contributed by atoms with Gasteiger partial charge in [0.15, 0.2) is 0 Å². The molecule has 17 heavy (non-hydrogen) atoms. The number of H-pyrrole nitrogens is 1. The molecule has 1 unspecified atom stereocenters. The molecule has 1 aromatic heterocycles. The highest BCUT2D eigenvalue weighted by Gasteiger charge is 2.09. The summed E-state index contributed by atoms with van der Waals surface area (Å²) in [5.74, 6) is 0.693. The first-order valence-corrected chi connectivity index (χ1v) is 6.30. The fourth-order valence-corrected chi connectivity index (χ4v) is 1.57. The van der Waals surface area contributed by atoms with Crippen molar-refractivity contribution in [2.24, 2.45) is 0 Å². The number of rotatable bonds is 6. The molecule has 0 aliphatic heterocycles. The van der Waals surface area contributed by atoms with E-state index in [1.54, 1.807) is 0 Å². The van der Waals surface area contributed by atoms with Gasteiger partial charge in [-0.15, -0.1) is 5.10 Å². The molecule has 2 N–H and O–H groups in total. The third-order valence-corrected chi connectivity index (χ3v) is 2.45. The smallest absolute Gasteiger partial charge is 0.232 e. The van der Waals surface area contributed by atoms with Crippen molar-refractivity contribution in [1.82, 2.24) is 15.5 Å². The van der Waals surface area contributed by atoms with Crippen LogP contribution in [0.5, 0.6) is 5.88 Å². The van der Waals surface area contributed by atoms with Gasteiger partial charge in [0.1, 0.15) is 0 Å². The van der Waals surface area contributed by atoms with Gasteiger partial charge in [-0.25, -0.2) is 0 Å². The van der Waals surface area contributed by atoms with Crippen LogP contribution in [0.2, 0.25) is 0 Å². The van der Waals surface area contributed by atoms with E-state index in [1.807, 2.05) is 13.0 Å². The van der Waals surface area contributed by atoms with E-state index in [0.717, 1.165) is 25.1 Å². The number of hydrogen-bond donors (Lipinski definition) is 2. The summed E-state index contributed by atoms with van der Waals surface area (Å²) in [6.07, 6.45) is 2.36. The van der Waals surface area contributed by atoms with Crippen molar-refractivity contribution >= 4 is 0 Å². The highest BCUT2D eigenvalue weighted by atomic mass is 16.5. The highest BCUT2D eigenvalue weighted by Crippen LogP contribution is 2.11. The lowest BCUT2D eigenvalue weighted by Gasteiger charge is -2.21. The average molecular weight is 239 g/mol. The predicted octanol–water partition coefficient (Wildman–Crippen LogP) is 2.65. The molecule has 0 aromatic carbocycles. The van der Waals surface area contributed by atoms with Crippen molar-refractivity contribution in [3.05, 3.63) is 11.8 Å². The van der Waals surface area contributed by atoms with Gasteiger partial charge in [-0.05, 0) is 54.0 Å². The standard InChI is InChI=1S/C13H25N3O/c1-10-9-12(16-15-10)17-11(2)7-6-8-14-13(3,4)5/h9,11,14H,6-8H2,1-5H3,(H,15,16). The Kier molecular flexibility index (Phi) is 5.00. The zero-order chi connectivity index (χ0) is 12.9. The summed E-state index contributed by atoms with van der Waals surface area (Å²) in [6.45, 7) is 11.6. The van der Waals surface area contributed by atoms with Gasteiger partial charge in [0.2, 0.25) is 5.88 Å². The molecule has 0 spiro atoms. The molecule has 4 heteroatoms. The molecule has 0 radical (unpaired) electrons. The zero-order valence-electron chi connectivity index (χ0n) is 11.6. The molecule has 0 aliphatic rings. The first-order chi connectivity index (χ1) is 7.87. The lowest BCUT2D eigenvalue weighted by atomic mass is 10.1. The monoisotopic (exact) mass is 239 g/mol. The molecule has 1 heterocycles. The summed E-state index contributed by atoms with van der Waals surface area (Å²) in [5.41, 5.74) is 1.23. The van der Waals surface area contributed by atoms with E-state index in [1.165, 1.54) is 0 Å². The Morgan fingerprint density at radius 3 is 2.71 bits per heavy atom. The van der Waals surface area contributed by atoms with Crippen LogP contribution in [0.3, 0.4) is 0 Å². The average Bonchev–Trinajstić information content (AvgIpc) is 2.57. The summed E-state index contributed by atoms with van der Waals surface area (Å²) >= 11 is 0. The van der Waals surface area contributed by atoms with Crippen molar-refractivity contribution in [3.63, 3.8) is 0 Å². The first-order valence-electron chi connectivity index (χ1n) is 6.30. The Bertz CT molecular complexity index is 328. The zero-order valence-corrected chi connectivity index (χ0v) is 11.6. The largest absolute Gasteiger partial charge is 0.474 e. The Labute approximate surface area is 104 Å². The van der Waals surface area contributed by atoms with Gasteiger partial charge in [-0.3, -0.25) is 5.10 Å². The van der Waals surface area contributed by atoms with E-state index in [9.17, 15) is 0 Å². The molecule has 0 bridgehead atoms. The van der Waals surface area contributed by atoms with E-state index in [-0.39, 0.29) is 11.6 Å². The summed E-state index contributed by atoms with van der Waals surface area (Å²) in [7, 11) is 0. The van der Waals surface area contributed by atoms with Crippen molar-refractivity contribution < 1.29 is 4.74 Å². The van der Waals surface area contributed by atoms with Crippen LogP contribution in [0.1, 0.15) is 46.2 Å². The van der Waals surface area contributed by atoms with Crippen molar-refractivity contribution in [1.29, 1.82) is 0 Å². The van der Waals surface area contributed by atoms with Gasteiger partial charge in [0, 0.05) is 17.3 Å². The van der Waals surface area contributed by atoms with Gasteiger partial charge >= 0.3 is 0 Å². The van der Waals surface area contributed by atoms with E-state index in [4.69, 9.17) is 4.74 Å². The van der Waals surface area contributed by atoms with Gasteiger partial charge in [0.05, 0.1) is 6.10 Å². The second-order valence-electron chi connectivity index (χ2n) is 5.64. The lowest BCUT2D eigenvalue weighted by Crippen LogP contribution is -2.36. The quantitative estimate of drug-likeness (QED) is 0.750. The minimum absolute atomic E-state index is 0.198. The number of ether oxygens (including phenoxy) is 1. The minimum Gasteiger partial charge on any atom is -0.474 e. The predicted molar refractivity (Wildman–Crippen MR) is 70.4 cm³/mol. The van der Waals surface area contributed by atoms with Gasteiger partial charge < -0.3 is 10.1 Å². The maximum atomic E-state index is 5.70.